The number of amides is 1. The van der Waals surface area contributed by atoms with Gasteiger partial charge >= 0.3 is 6.18 Å². The first-order valence-electron chi connectivity index (χ1n) is 10.4. The van der Waals surface area contributed by atoms with Gasteiger partial charge in [0.1, 0.15) is 11.5 Å². The number of hydrogen-bond donors (Lipinski definition) is 1. The SMILES string of the molecule is O=C(CCNc1ccc(C(F)(F)F)cc1[N+](=O)[O-])N1CCCC(c2nnc3ccccn23)C1. The van der Waals surface area contributed by atoms with Crippen LogP contribution in [0.4, 0.5) is 24.5 Å². The first-order valence-corrected chi connectivity index (χ1v) is 10.4. The van der Waals surface area contributed by atoms with Gasteiger partial charge in [-0.1, -0.05) is 6.07 Å². The Labute approximate surface area is 186 Å². The average molecular weight is 462 g/mol. The maximum Gasteiger partial charge on any atom is 0.416 e. The van der Waals surface area contributed by atoms with Gasteiger partial charge in [0.25, 0.3) is 5.69 Å². The zero-order valence-corrected chi connectivity index (χ0v) is 17.5. The normalized spacial score (nSPS) is 16.7. The van der Waals surface area contributed by atoms with Crippen molar-refractivity contribution in [1.29, 1.82) is 0 Å². The Balaban J connectivity index is 1.38. The minimum atomic E-state index is -4.68. The molecule has 0 bridgehead atoms. The summed E-state index contributed by atoms with van der Waals surface area (Å²) in [6.45, 7) is 1.13. The molecule has 1 aromatic carbocycles. The first-order chi connectivity index (χ1) is 15.7. The van der Waals surface area contributed by atoms with Crippen LogP contribution in [0, 0.1) is 10.1 Å². The number of nitro benzene ring substituents is 1. The fourth-order valence-electron chi connectivity index (χ4n) is 4.02. The van der Waals surface area contributed by atoms with Crippen LogP contribution >= 0.6 is 0 Å². The van der Waals surface area contributed by atoms with E-state index in [1.54, 1.807) is 4.90 Å². The second-order valence-electron chi connectivity index (χ2n) is 7.83. The van der Waals surface area contributed by atoms with Crippen molar-refractivity contribution < 1.29 is 22.9 Å². The molecule has 0 saturated carbocycles. The number of carbonyl (C=O) groups excluding carboxylic acids is 1. The predicted molar refractivity (Wildman–Crippen MR) is 113 cm³/mol. The van der Waals surface area contributed by atoms with Gasteiger partial charge in [-0.3, -0.25) is 19.3 Å². The van der Waals surface area contributed by atoms with Gasteiger partial charge in [-0.15, -0.1) is 10.2 Å². The third kappa shape index (κ3) is 4.89. The van der Waals surface area contributed by atoms with Crippen LogP contribution in [-0.2, 0) is 11.0 Å². The van der Waals surface area contributed by atoms with Gasteiger partial charge in [-0.2, -0.15) is 13.2 Å². The molecule has 3 heterocycles. The van der Waals surface area contributed by atoms with Crippen LogP contribution in [0.2, 0.25) is 0 Å². The maximum atomic E-state index is 12.8. The number of likely N-dealkylation sites (tertiary alicyclic amines) is 1. The van der Waals surface area contributed by atoms with E-state index >= 15 is 0 Å². The lowest BCUT2D eigenvalue weighted by molar-refractivity contribution is -0.384. The third-order valence-electron chi connectivity index (χ3n) is 5.66. The molecule has 1 atom stereocenters. The van der Waals surface area contributed by atoms with Gasteiger partial charge in [0.2, 0.25) is 5.91 Å². The molecule has 2 aromatic heterocycles. The number of pyridine rings is 1. The zero-order chi connectivity index (χ0) is 23.6. The molecule has 4 rings (SSSR count). The highest BCUT2D eigenvalue weighted by atomic mass is 19.4. The lowest BCUT2D eigenvalue weighted by atomic mass is 9.97. The number of alkyl halides is 3. The maximum absolute atomic E-state index is 12.8. The molecule has 3 aromatic rings. The van der Waals surface area contributed by atoms with Crippen LogP contribution in [0.1, 0.15) is 36.6 Å². The molecular weight excluding hydrogens is 441 g/mol. The quantitative estimate of drug-likeness (QED) is 0.441. The van der Waals surface area contributed by atoms with Crippen LogP contribution in [0.25, 0.3) is 5.65 Å². The van der Waals surface area contributed by atoms with E-state index in [-0.39, 0.29) is 30.5 Å². The topological polar surface area (TPSA) is 106 Å². The summed E-state index contributed by atoms with van der Waals surface area (Å²) in [5.41, 5.74) is -1.12. The Morgan fingerprint density at radius 3 is 2.82 bits per heavy atom. The molecule has 1 aliphatic rings. The van der Waals surface area contributed by atoms with Crippen LogP contribution in [0.15, 0.2) is 42.6 Å². The fraction of sp³-hybridized carbons (Fsp3) is 0.381. The highest BCUT2D eigenvalue weighted by Crippen LogP contribution is 2.35. The van der Waals surface area contributed by atoms with Crippen molar-refractivity contribution in [2.45, 2.75) is 31.4 Å². The molecular formula is C21H21F3N6O3. The summed E-state index contributed by atoms with van der Waals surface area (Å²) in [5, 5.41) is 22.4. The summed E-state index contributed by atoms with van der Waals surface area (Å²) in [6.07, 6.45) is -1.08. The summed E-state index contributed by atoms with van der Waals surface area (Å²) < 4.78 is 40.4. The van der Waals surface area contributed by atoms with Crippen LogP contribution in [-0.4, -0.2) is 50.0 Å². The van der Waals surface area contributed by atoms with E-state index in [1.165, 1.54) is 0 Å². The monoisotopic (exact) mass is 462 g/mol. The summed E-state index contributed by atoms with van der Waals surface area (Å²) in [4.78, 5) is 24.8. The smallest absolute Gasteiger partial charge is 0.379 e. The number of aromatic nitrogens is 3. The minimum Gasteiger partial charge on any atom is -0.379 e. The van der Waals surface area contributed by atoms with E-state index in [0.29, 0.717) is 19.2 Å². The minimum absolute atomic E-state index is 0.0315. The van der Waals surface area contributed by atoms with Crippen LogP contribution in [0.3, 0.4) is 0 Å². The molecule has 1 fully saturated rings. The van der Waals surface area contributed by atoms with Gasteiger partial charge in [0.05, 0.1) is 10.5 Å². The van der Waals surface area contributed by atoms with Crippen molar-refractivity contribution in [2.24, 2.45) is 0 Å². The van der Waals surface area contributed by atoms with Gasteiger partial charge in [0.15, 0.2) is 5.65 Å². The van der Waals surface area contributed by atoms with Crippen molar-refractivity contribution in [3.05, 3.63) is 64.1 Å². The molecule has 1 aliphatic heterocycles. The van der Waals surface area contributed by atoms with Crippen molar-refractivity contribution in [3.63, 3.8) is 0 Å². The van der Waals surface area contributed by atoms with E-state index in [0.717, 1.165) is 36.4 Å². The molecule has 12 heteroatoms. The first kappa shape index (κ1) is 22.5. The Hall–Kier alpha value is -3.70. The summed E-state index contributed by atoms with van der Waals surface area (Å²) in [6, 6.07) is 7.89. The molecule has 0 aliphatic carbocycles. The van der Waals surface area contributed by atoms with Crippen molar-refractivity contribution in [1.82, 2.24) is 19.5 Å². The molecule has 1 N–H and O–H groups in total. The number of benzene rings is 1. The number of nitrogens with one attached hydrogen (secondary N) is 1. The molecule has 1 amide bonds. The largest absolute Gasteiger partial charge is 0.416 e. The fourth-order valence-corrected chi connectivity index (χ4v) is 4.02. The van der Waals surface area contributed by atoms with Crippen molar-refractivity contribution >= 4 is 22.9 Å². The van der Waals surface area contributed by atoms with Gasteiger partial charge in [-0.05, 0) is 37.1 Å². The van der Waals surface area contributed by atoms with Gasteiger partial charge in [0, 0.05) is 44.2 Å². The standard InChI is InChI=1S/C21H21F3N6O3/c22-21(23,24)15-6-7-16(17(12-15)30(32)33)25-9-8-19(31)28-10-3-4-14(13-28)20-27-26-18-5-1-2-11-29(18)20/h1-2,5-7,11-12,14,25H,3-4,8-10,13H2. The molecule has 0 spiro atoms. The number of anilines is 1. The molecule has 9 nitrogen and oxygen atoms in total. The summed E-state index contributed by atoms with van der Waals surface area (Å²) >= 11 is 0. The summed E-state index contributed by atoms with van der Waals surface area (Å²) in [7, 11) is 0. The van der Waals surface area contributed by atoms with Crippen LogP contribution in [0.5, 0.6) is 0 Å². The Morgan fingerprint density at radius 1 is 1.24 bits per heavy atom. The van der Waals surface area contributed by atoms with E-state index in [4.69, 9.17) is 0 Å². The van der Waals surface area contributed by atoms with E-state index in [1.807, 2.05) is 28.8 Å². The average Bonchev–Trinajstić information content (AvgIpc) is 3.22. The lowest BCUT2D eigenvalue weighted by Crippen LogP contribution is -2.40. The number of hydrogen-bond acceptors (Lipinski definition) is 6. The number of nitro groups is 1. The second kappa shape index (κ2) is 9.04. The number of halogens is 3. The third-order valence-corrected chi connectivity index (χ3v) is 5.66. The number of fused-ring (bicyclic) bond motifs is 1. The molecule has 1 saturated heterocycles. The molecule has 174 valence electrons. The molecule has 1 unspecified atom stereocenters. The summed E-state index contributed by atoms with van der Waals surface area (Å²) in [5.74, 6) is 0.682. The van der Waals surface area contributed by atoms with Gasteiger partial charge < -0.3 is 10.2 Å². The molecule has 33 heavy (non-hydrogen) atoms. The number of piperidine rings is 1. The number of rotatable bonds is 6. The molecule has 0 radical (unpaired) electrons. The van der Waals surface area contributed by atoms with Gasteiger partial charge in [-0.25, -0.2) is 0 Å². The van der Waals surface area contributed by atoms with E-state index < -0.39 is 22.4 Å². The van der Waals surface area contributed by atoms with Crippen LogP contribution < -0.4 is 5.32 Å². The Kier molecular flexibility index (Phi) is 6.16. The zero-order valence-electron chi connectivity index (χ0n) is 17.5. The Bertz CT molecular complexity index is 1180. The Morgan fingerprint density at radius 2 is 2.06 bits per heavy atom. The van der Waals surface area contributed by atoms with Crippen molar-refractivity contribution in [3.8, 4) is 0 Å². The second-order valence-corrected chi connectivity index (χ2v) is 7.83. The predicted octanol–water partition coefficient (Wildman–Crippen LogP) is 3.86. The van der Waals surface area contributed by atoms with Crippen molar-refractivity contribution in [2.75, 3.05) is 25.0 Å². The highest BCUT2D eigenvalue weighted by Gasteiger charge is 2.33. The van der Waals surface area contributed by atoms with E-state index in [2.05, 4.69) is 15.5 Å². The lowest BCUT2D eigenvalue weighted by Gasteiger charge is -2.32. The number of carbonyl (C=O) groups is 1. The highest BCUT2D eigenvalue weighted by molar-refractivity contribution is 5.77. The van der Waals surface area contributed by atoms with E-state index in [9.17, 15) is 28.1 Å². The number of nitrogens with zero attached hydrogens (tertiary/aromatic N) is 5.